The summed E-state index contributed by atoms with van der Waals surface area (Å²) in [5.41, 5.74) is 2.62. The fourth-order valence-electron chi connectivity index (χ4n) is 3.01. The fourth-order valence-corrected chi connectivity index (χ4v) is 4.52. The van der Waals surface area contributed by atoms with Gasteiger partial charge in [0, 0.05) is 33.4 Å². The van der Waals surface area contributed by atoms with Gasteiger partial charge in [-0.1, -0.05) is 53.5 Å². The number of benzene rings is 2. The van der Waals surface area contributed by atoms with E-state index in [1.807, 2.05) is 32.9 Å². The molecule has 4 nitrogen and oxygen atoms in total. The number of thioether (sulfide) groups is 1. The van der Waals surface area contributed by atoms with Gasteiger partial charge >= 0.3 is 0 Å². The maximum atomic E-state index is 13.2. The van der Waals surface area contributed by atoms with E-state index in [9.17, 15) is 9.59 Å². The van der Waals surface area contributed by atoms with Crippen LogP contribution in [0.5, 0.6) is 0 Å². The summed E-state index contributed by atoms with van der Waals surface area (Å²) in [5.74, 6) is 0.629. The third-order valence-electron chi connectivity index (χ3n) is 4.80. The molecule has 0 unspecified atom stereocenters. The molecule has 7 heteroatoms. The molecule has 2 aromatic rings. The second kappa shape index (κ2) is 11.3. The molecule has 1 N–H and O–H groups in total. The fraction of sp³-hybridized carbons (Fsp3) is 0.417. The molecule has 0 heterocycles. The summed E-state index contributed by atoms with van der Waals surface area (Å²) in [6.45, 7) is 9.69. The van der Waals surface area contributed by atoms with E-state index in [0.29, 0.717) is 15.6 Å². The number of aryl methyl sites for hydroxylation is 1. The van der Waals surface area contributed by atoms with Gasteiger partial charge in [0.2, 0.25) is 11.8 Å². The zero-order valence-corrected chi connectivity index (χ0v) is 21.0. The SMILES string of the molecule is Cc1ccccc1CSCC(=O)N(Cc1c(Cl)cccc1Cl)[C@@H](C)C(=O)NC(C)(C)C. The molecule has 0 radical (unpaired) electrons. The zero-order chi connectivity index (χ0) is 23.2. The van der Waals surface area contributed by atoms with Crippen molar-refractivity contribution in [1.82, 2.24) is 10.2 Å². The molecule has 0 spiro atoms. The van der Waals surface area contributed by atoms with Gasteiger partial charge in [-0.25, -0.2) is 0 Å². The highest BCUT2D eigenvalue weighted by Crippen LogP contribution is 2.27. The van der Waals surface area contributed by atoms with Crippen molar-refractivity contribution in [3.63, 3.8) is 0 Å². The number of rotatable bonds is 8. The second-order valence-electron chi connectivity index (χ2n) is 8.56. The van der Waals surface area contributed by atoms with Gasteiger partial charge in [0.15, 0.2) is 0 Å². The molecule has 168 valence electrons. The average Bonchev–Trinajstić information content (AvgIpc) is 2.67. The first-order chi connectivity index (χ1) is 14.5. The van der Waals surface area contributed by atoms with Gasteiger partial charge in [-0.15, -0.1) is 11.8 Å². The molecule has 0 saturated heterocycles. The summed E-state index contributed by atoms with van der Waals surface area (Å²) in [6, 6.07) is 12.7. The summed E-state index contributed by atoms with van der Waals surface area (Å²) >= 11 is 14.2. The van der Waals surface area contributed by atoms with Crippen LogP contribution in [0.25, 0.3) is 0 Å². The second-order valence-corrected chi connectivity index (χ2v) is 10.4. The Morgan fingerprint density at radius 2 is 1.68 bits per heavy atom. The first-order valence-electron chi connectivity index (χ1n) is 10.2. The van der Waals surface area contributed by atoms with E-state index in [0.717, 1.165) is 5.75 Å². The van der Waals surface area contributed by atoms with Crippen molar-refractivity contribution in [3.05, 3.63) is 69.2 Å². The molecule has 0 aliphatic rings. The number of nitrogens with zero attached hydrogens (tertiary/aromatic N) is 1. The Hall–Kier alpha value is -1.69. The van der Waals surface area contributed by atoms with Gasteiger partial charge in [0.25, 0.3) is 0 Å². The van der Waals surface area contributed by atoms with Crippen molar-refractivity contribution in [1.29, 1.82) is 0 Å². The predicted molar refractivity (Wildman–Crippen MR) is 132 cm³/mol. The minimum Gasteiger partial charge on any atom is -0.350 e. The Balaban J connectivity index is 2.18. The van der Waals surface area contributed by atoms with Crippen molar-refractivity contribution in [2.45, 2.75) is 58.5 Å². The summed E-state index contributed by atoms with van der Waals surface area (Å²) in [6.07, 6.45) is 0. The molecule has 0 aromatic heterocycles. The monoisotopic (exact) mass is 480 g/mol. The van der Waals surface area contributed by atoms with E-state index in [-0.39, 0.29) is 24.1 Å². The molecule has 2 amide bonds. The molecular weight excluding hydrogens is 451 g/mol. The summed E-state index contributed by atoms with van der Waals surface area (Å²) in [7, 11) is 0. The molecular formula is C24H30Cl2N2O2S. The summed E-state index contributed by atoms with van der Waals surface area (Å²) in [5, 5.41) is 3.90. The summed E-state index contributed by atoms with van der Waals surface area (Å²) in [4.78, 5) is 27.6. The lowest BCUT2D eigenvalue weighted by atomic mass is 10.1. The first-order valence-corrected chi connectivity index (χ1v) is 12.1. The van der Waals surface area contributed by atoms with Gasteiger partial charge in [-0.05, 0) is 57.9 Å². The van der Waals surface area contributed by atoms with Crippen LogP contribution in [0.1, 0.15) is 44.4 Å². The van der Waals surface area contributed by atoms with E-state index in [2.05, 4.69) is 24.4 Å². The number of amides is 2. The van der Waals surface area contributed by atoms with Crippen molar-refractivity contribution in [3.8, 4) is 0 Å². The largest absolute Gasteiger partial charge is 0.350 e. The minimum atomic E-state index is -0.668. The lowest BCUT2D eigenvalue weighted by molar-refractivity contribution is -0.139. The van der Waals surface area contributed by atoms with Crippen LogP contribution in [-0.4, -0.2) is 34.0 Å². The van der Waals surface area contributed by atoms with Gasteiger partial charge in [0.1, 0.15) is 6.04 Å². The Bertz CT molecular complexity index is 908. The highest BCUT2D eigenvalue weighted by molar-refractivity contribution is 7.99. The maximum Gasteiger partial charge on any atom is 0.242 e. The highest BCUT2D eigenvalue weighted by Gasteiger charge is 2.29. The normalized spacial score (nSPS) is 12.4. The van der Waals surface area contributed by atoms with Crippen LogP contribution >= 0.6 is 35.0 Å². The predicted octanol–water partition coefficient (Wildman–Crippen LogP) is 5.87. The van der Waals surface area contributed by atoms with Crippen LogP contribution in [0.2, 0.25) is 10.0 Å². The van der Waals surface area contributed by atoms with E-state index in [1.54, 1.807) is 30.0 Å². The zero-order valence-electron chi connectivity index (χ0n) is 18.7. The Kier molecular flexibility index (Phi) is 9.28. The molecule has 0 aliphatic carbocycles. The van der Waals surface area contributed by atoms with Crippen molar-refractivity contribution in [2.75, 3.05) is 5.75 Å². The van der Waals surface area contributed by atoms with Crippen LogP contribution < -0.4 is 5.32 Å². The number of hydrogen-bond donors (Lipinski definition) is 1. The van der Waals surface area contributed by atoms with Gasteiger partial charge in [0.05, 0.1) is 5.75 Å². The molecule has 0 bridgehead atoms. The number of carbonyl (C=O) groups is 2. The van der Waals surface area contributed by atoms with E-state index in [1.165, 1.54) is 22.9 Å². The summed E-state index contributed by atoms with van der Waals surface area (Å²) < 4.78 is 0. The molecule has 2 rings (SSSR count). The smallest absolute Gasteiger partial charge is 0.242 e. The molecule has 1 atom stereocenters. The Morgan fingerprint density at radius 3 is 2.26 bits per heavy atom. The van der Waals surface area contributed by atoms with Gasteiger partial charge in [-0.3, -0.25) is 9.59 Å². The lowest BCUT2D eigenvalue weighted by Crippen LogP contribution is -2.52. The van der Waals surface area contributed by atoms with E-state index in [4.69, 9.17) is 23.2 Å². The third kappa shape index (κ3) is 7.74. The minimum absolute atomic E-state index is 0.133. The van der Waals surface area contributed by atoms with E-state index >= 15 is 0 Å². The number of halogens is 2. The van der Waals surface area contributed by atoms with Crippen LogP contribution in [0.3, 0.4) is 0 Å². The molecule has 2 aromatic carbocycles. The molecule has 0 aliphatic heterocycles. The Morgan fingerprint density at radius 1 is 1.06 bits per heavy atom. The van der Waals surface area contributed by atoms with Crippen LogP contribution in [0.15, 0.2) is 42.5 Å². The maximum absolute atomic E-state index is 13.2. The molecule has 31 heavy (non-hydrogen) atoms. The van der Waals surface area contributed by atoms with Crippen molar-refractivity contribution >= 4 is 46.8 Å². The van der Waals surface area contributed by atoms with Crippen LogP contribution in [-0.2, 0) is 21.9 Å². The van der Waals surface area contributed by atoms with Crippen molar-refractivity contribution in [2.24, 2.45) is 0 Å². The average molecular weight is 481 g/mol. The van der Waals surface area contributed by atoms with E-state index < -0.39 is 11.6 Å². The van der Waals surface area contributed by atoms with Crippen LogP contribution in [0, 0.1) is 6.92 Å². The quantitative estimate of drug-likeness (QED) is 0.513. The van der Waals surface area contributed by atoms with Crippen molar-refractivity contribution < 1.29 is 9.59 Å². The topological polar surface area (TPSA) is 49.4 Å². The van der Waals surface area contributed by atoms with Gasteiger partial charge in [-0.2, -0.15) is 0 Å². The highest BCUT2D eigenvalue weighted by atomic mass is 35.5. The standard InChI is InChI=1S/C24H30Cl2N2O2S/c1-16-9-6-7-10-18(16)14-31-15-22(29)28(17(2)23(30)27-24(3,4)5)13-19-20(25)11-8-12-21(19)26/h6-12,17H,13-15H2,1-5H3,(H,27,30)/t17-/m0/s1. The van der Waals surface area contributed by atoms with Gasteiger partial charge < -0.3 is 10.2 Å². The Labute approximate surface area is 199 Å². The first kappa shape index (κ1) is 25.6. The number of hydrogen-bond acceptors (Lipinski definition) is 3. The molecule has 0 saturated carbocycles. The number of nitrogens with one attached hydrogen (secondary N) is 1. The third-order valence-corrected chi connectivity index (χ3v) is 6.47. The lowest BCUT2D eigenvalue weighted by Gasteiger charge is -2.32. The number of carbonyl (C=O) groups excluding carboxylic acids is 2. The van der Waals surface area contributed by atoms with Crippen LogP contribution in [0.4, 0.5) is 0 Å². The molecule has 0 fully saturated rings.